The van der Waals surface area contributed by atoms with Crippen molar-refractivity contribution in [1.82, 2.24) is 14.8 Å². The molecular formula is C28H35FN4O. The molecule has 4 rings (SSSR count). The van der Waals surface area contributed by atoms with Gasteiger partial charge in [0.2, 0.25) is 0 Å². The molecule has 180 valence electrons. The summed E-state index contributed by atoms with van der Waals surface area (Å²) in [6, 6.07) is 18.0. The first kappa shape index (κ1) is 24.0. The van der Waals surface area contributed by atoms with Crippen molar-refractivity contribution in [2.75, 3.05) is 44.3 Å². The van der Waals surface area contributed by atoms with Crippen LogP contribution in [-0.4, -0.2) is 60.8 Å². The fourth-order valence-corrected chi connectivity index (χ4v) is 4.81. The molecule has 1 amide bonds. The monoisotopic (exact) mass is 462 g/mol. The second-order valence-electron chi connectivity index (χ2n) is 9.21. The van der Waals surface area contributed by atoms with Crippen LogP contribution in [0.5, 0.6) is 0 Å². The molecule has 0 radical (unpaired) electrons. The number of halogens is 1. The van der Waals surface area contributed by atoms with E-state index in [9.17, 15) is 9.18 Å². The molecule has 2 heterocycles. The molecule has 1 N–H and O–H groups in total. The largest absolute Gasteiger partial charge is 0.369 e. The standard InChI is InChI=1S/C28H35FN4O/c1-20-9-8-12-26(21(20)2)33-15-13-32(14-16-33)24(18-29)19-30-28(34)25-17-27(31(4)22(25)3)23-10-6-5-7-11-23/h5-12,17,24H,13-16,18-19H2,1-4H3,(H,30,34). The highest BCUT2D eigenvalue weighted by atomic mass is 19.1. The van der Waals surface area contributed by atoms with Crippen LogP contribution < -0.4 is 10.2 Å². The van der Waals surface area contributed by atoms with Crippen LogP contribution in [0, 0.1) is 20.8 Å². The smallest absolute Gasteiger partial charge is 0.253 e. The number of benzene rings is 2. The molecule has 0 bridgehead atoms. The van der Waals surface area contributed by atoms with Gasteiger partial charge in [-0.05, 0) is 49.6 Å². The maximum atomic E-state index is 14.0. The second kappa shape index (κ2) is 10.4. The summed E-state index contributed by atoms with van der Waals surface area (Å²) >= 11 is 0. The minimum atomic E-state index is -0.479. The highest BCUT2D eigenvalue weighted by molar-refractivity contribution is 5.97. The van der Waals surface area contributed by atoms with Gasteiger partial charge in [0.1, 0.15) is 6.67 Å². The molecular weight excluding hydrogens is 427 g/mol. The molecule has 1 unspecified atom stereocenters. The van der Waals surface area contributed by atoms with Crippen molar-refractivity contribution in [2.24, 2.45) is 7.05 Å². The zero-order valence-electron chi connectivity index (χ0n) is 20.6. The van der Waals surface area contributed by atoms with Gasteiger partial charge in [0.05, 0.1) is 11.6 Å². The SMILES string of the molecule is Cc1cccc(N2CCN(C(CF)CNC(=O)c3cc(-c4ccccc4)n(C)c3C)CC2)c1C. The van der Waals surface area contributed by atoms with E-state index >= 15 is 0 Å². The van der Waals surface area contributed by atoms with Crippen LogP contribution in [0.1, 0.15) is 27.2 Å². The number of hydrogen-bond donors (Lipinski definition) is 1. The summed E-state index contributed by atoms with van der Waals surface area (Å²) in [6.07, 6.45) is 0. The lowest BCUT2D eigenvalue weighted by molar-refractivity contribution is 0.0919. The molecule has 34 heavy (non-hydrogen) atoms. The van der Waals surface area contributed by atoms with Crippen molar-refractivity contribution in [3.63, 3.8) is 0 Å². The number of nitrogens with zero attached hydrogens (tertiary/aromatic N) is 3. The summed E-state index contributed by atoms with van der Waals surface area (Å²) in [5.41, 5.74) is 7.45. The quantitative estimate of drug-likeness (QED) is 0.562. The summed E-state index contributed by atoms with van der Waals surface area (Å²) < 4.78 is 16.0. The number of rotatable bonds is 7. The van der Waals surface area contributed by atoms with Crippen molar-refractivity contribution < 1.29 is 9.18 Å². The van der Waals surface area contributed by atoms with Crippen molar-refractivity contribution in [3.8, 4) is 11.3 Å². The molecule has 0 spiro atoms. The average Bonchev–Trinajstić information content (AvgIpc) is 3.16. The van der Waals surface area contributed by atoms with Crippen LogP contribution in [-0.2, 0) is 7.05 Å². The Hall–Kier alpha value is -3.12. The lowest BCUT2D eigenvalue weighted by Gasteiger charge is -2.40. The predicted octanol–water partition coefficient (Wildman–Crippen LogP) is 4.51. The number of alkyl halides is 1. The van der Waals surface area contributed by atoms with Crippen molar-refractivity contribution >= 4 is 11.6 Å². The van der Waals surface area contributed by atoms with Crippen molar-refractivity contribution in [3.05, 3.63) is 77.0 Å². The third-order valence-electron chi connectivity index (χ3n) is 7.27. The fraction of sp³-hybridized carbons (Fsp3) is 0.393. The van der Waals surface area contributed by atoms with Crippen molar-refractivity contribution in [1.29, 1.82) is 0 Å². The maximum absolute atomic E-state index is 14.0. The lowest BCUT2D eigenvalue weighted by atomic mass is 10.1. The fourth-order valence-electron chi connectivity index (χ4n) is 4.81. The first-order valence-electron chi connectivity index (χ1n) is 12.0. The first-order valence-corrected chi connectivity index (χ1v) is 12.0. The van der Waals surface area contributed by atoms with E-state index in [4.69, 9.17) is 0 Å². The van der Waals surface area contributed by atoms with Crippen LogP contribution in [0.3, 0.4) is 0 Å². The molecule has 1 aliphatic heterocycles. The van der Waals surface area contributed by atoms with Gasteiger partial charge in [-0.15, -0.1) is 0 Å². The molecule has 5 nitrogen and oxygen atoms in total. The van der Waals surface area contributed by atoms with Gasteiger partial charge in [-0.1, -0.05) is 42.5 Å². The molecule has 1 fully saturated rings. The topological polar surface area (TPSA) is 40.5 Å². The normalized spacial score (nSPS) is 15.4. The van der Waals surface area contributed by atoms with E-state index in [0.29, 0.717) is 12.1 Å². The molecule has 3 aromatic rings. The first-order chi connectivity index (χ1) is 16.4. The van der Waals surface area contributed by atoms with Crippen LogP contribution >= 0.6 is 0 Å². The van der Waals surface area contributed by atoms with E-state index in [1.165, 1.54) is 16.8 Å². The Balaban J connectivity index is 1.37. The van der Waals surface area contributed by atoms with E-state index in [1.807, 2.05) is 54.9 Å². The molecule has 1 saturated heterocycles. The van der Waals surface area contributed by atoms with Gasteiger partial charge >= 0.3 is 0 Å². The van der Waals surface area contributed by atoms with E-state index in [2.05, 4.69) is 47.2 Å². The Morgan fingerprint density at radius 2 is 1.71 bits per heavy atom. The van der Waals surface area contributed by atoms with Gasteiger partial charge in [-0.25, -0.2) is 4.39 Å². The number of carbonyl (C=O) groups excluding carboxylic acids is 1. The average molecular weight is 463 g/mol. The molecule has 1 aromatic heterocycles. The Bertz CT molecular complexity index is 1130. The number of aromatic nitrogens is 1. The highest BCUT2D eigenvalue weighted by Crippen LogP contribution is 2.26. The summed E-state index contributed by atoms with van der Waals surface area (Å²) in [4.78, 5) is 17.5. The van der Waals surface area contributed by atoms with Gasteiger partial charge in [0.15, 0.2) is 0 Å². The van der Waals surface area contributed by atoms with Crippen LogP contribution in [0.15, 0.2) is 54.6 Å². The van der Waals surface area contributed by atoms with Crippen molar-refractivity contribution in [2.45, 2.75) is 26.8 Å². The number of aryl methyl sites for hydroxylation is 1. The van der Waals surface area contributed by atoms with E-state index < -0.39 is 6.67 Å². The highest BCUT2D eigenvalue weighted by Gasteiger charge is 2.26. The van der Waals surface area contributed by atoms with Gasteiger partial charge < -0.3 is 14.8 Å². The summed E-state index contributed by atoms with van der Waals surface area (Å²) in [6.45, 7) is 9.32. The second-order valence-corrected chi connectivity index (χ2v) is 9.21. The molecule has 1 atom stereocenters. The summed E-state index contributed by atoms with van der Waals surface area (Å²) in [5, 5.41) is 2.99. The molecule has 0 saturated carbocycles. The molecule has 0 aliphatic carbocycles. The Morgan fingerprint density at radius 1 is 1.00 bits per heavy atom. The van der Waals surface area contributed by atoms with Gasteiger partial charge in [-0.2, -0.15) is 0 Å². The van der Waals surface area contributed by atoms with Gasteiger partial charge in [-0.3, -0.25) is 9.69 Å². The predicted molar refractivity (Wildman–Crippen MR) is 137 cm³/mol. The minimum absolute atomic E-state index is 0.150. The van der Waals surface area contributed by atoms with Crippen LogP contribution in [0.4, 0.5) is 10.1 Å². The zero-order chi connectivity index (χ0) is 24.2. The van der Waals surface area contributed by atoms with E-state index in [-0.39, 0.29) is 11.9 Å². The molecule has 1 aliphatic rings. The number of nitrogens with one attached hydrogen (secondary N) is 1. The summed E-state index contributed by atoms with van der Waals surface area (Å²) in [7, 11) is 1.97. The van der Waals surface area contributed by atoms with E-state index in [0.717, 1.165) is 43.1 Å². The number of hydrogen-bond acceptors (Lipinski definition) is 3. The lowest BCUT2D eigenvalue weighted by Crippen LogP contribution is -2.54. The van der Waals surface area contributed by atoms with E-state index in [1.54, 1.807) is 0 Å². The maximum Gasteiger partial charge on any atom is 0.253 e. The number of piperazine rings is 1. The number of anilines is 1. The Kier molecular flexibility index (Phi) is 7.37. The Morgan fingerprint density at radius 3 is 2.38 bits per heavy atom. The zero-order valence-corrected chi connectivity index (χ0v) is 20.6. The Labute approximate surface area is 202 Å². The van der Waals surface area contributed by atoms with Gasteiger partial charge in [0, 0.05) is 56.8 Å². The third kappa shape index (κ3) is 4.87. The number of carbonyl (C=O) groups is 1. The minimum Gasteiger partial charge on any atom is -0.369 e. The van der Waals surface area contributed by atoms with Crippen LogP contribution in [0.2, 0.25) is 0 Å². The number of amides is 1. The van der Waals surface area contributed by atoms with Gasteiger partial charge in [0.25, 0.3) is 5.91 Å². The summed E-state index contributed by atoms with van der Waals surface area (Å²) in [5.74, 6) is -0.150. The third-order valence-corrected chi connectivity index (χ3v) is 7.27. The molecule has 6 heteroatoms. The van der Waals surface area contributed by atoms with Crippen LogP contribution in [0.25, 0.3) is 11.3 Å². The molecule has 2 aromatic carbocycles.